The van der Waals surface area contributed by atoms with Crippen LogP contribution in [0.25, 0.3) is 43.6 Å². The summed E-state index contributed by atoms with van der Waals surface area (Å²) in [6.07, 6.45) is 1.16. The molecule has 2 aliphatic carbocycles. The lowest BCUT2D eigenvalue weighted by Crippen LogP contribution is -2.29. The number of carbonyl (C=O) groups excluding carboxylic acids is 4. The summed E-state index contributed by atoms with van der Waals surface area (Å²) in [6.45, 7) is 0.501. The van der Waals surface area contributed by atoms with Crippen LogP contribution in [0.2, 0.25) is 0 Å². The topological polar surface area (TPSA) is 163 Å². The number of fused-ring (bicyclic) bond motifs is 9. The number of imide groups is 1. The number of nitrogens with two attached hydrogens (primary N) is 1. The van der Waals surface area contributed by atoms with Gasteiger partial charge in [0.25, 0.3) is 11.8 Å². The lowest BCUT2D eigenvalue weighted by atomic mass is 9.83. The van der Waals surface area contributed by atoms with E-state index in [9.17, 15) is 28.8 Å². The van der Waals surface area contributed by atoms with Gasteiger partial charge < -0.3 is 15.7 Å². The SMILES string of the molecule is NCc1ccc2c(c1)C(=O)c1cc3[nH]c4ccccc4c(=O)c3cc1C2.O=C1c2cc(CN3C(=O)c4ccccc4C3=O)ccc2Cc2cc3c(=O)c4ccccc4[nH]c3cc21. The Bertz CT molecular complexity index is 3600. The number of aromatic nitrogens is 2. The molecule has 298 valence electrons. The molecule has 2 amide bonds. The molecule has 0 atom stereocenters. The zero-order chi connectivity index (χ0) is 42.4. The highest BCUT2D eigenvalue weighted by Crippen LogP contribution is 2.33. The van der Waals surface area contributed by atoms with Gasteiger partial charge >= 0.3 is 0 Å². The first-order valence-electron chi connectivity index (χ1n) is 20.3. The fourth-order valence-corrected chi connectivity index (χ4v) is 9.22. The summed E-state index contributed by atoms with van der Waals surface area (Å²) in [4.78, 5) is 85.9. The molecule has 0 saturated heterocycles. The number of amides is 2. The predicted octanol–water partition coefficient (Wildman–Crippen LogP) is 7.89. The molecule has 0 bridgehead atoms. The van der Waals surface area contributed by atoms with Gasteiger partial charge in [-0.3, -0.25) is 33.7 Å². The van der Waals surface area contributed by atoms with Crippen LogP contribution in [-0.4, -0.2) is 38.2 Å². The Labute approximate surface area is 352 Å². The zero-order valence-electron chi connectivity index (χ0n) is 33.0. The maximum atomic E-state index is 13.6. The third kappa shape index (κ3) is 5.76. The molecular weight excluding hydrogens is 777 g/mol. The number of benzene rings is 7. The molecule has 1 aliphatic heterocycles. The molecular formula is C52H34N4O6. The third-order valence-electron chi connectivity index (χ3n) is 12.4. The highest BCUT2D eigenvalue weighted by Gasteiger charge is 2.35. The monoisotopic (exact) mass is 810 g/mol. The van der Waals surface area contributed by atoms with Gasteiger partial charge in [0.1, 0.15) is 0 Å². The van der Waals surface area contributed by atoms with Crippen molar-refractivity contribution in [1.82, 2.24) is 14.9 Å². The molecule has 12 rings (SSSR count). The quantitative estimate of drug-likeness (QED) is 0.121. The molecule has 7 aromatic carbocycles. The van der Waals surface area contributed by atoms with Gasteiger partial charge in [0, 0.05) is 61.4 Å². The van der Waals surface area contributed by atoms with Crippen molar-refractivity contribution in [2.75, 3.05) is 0 Å². The number of H-pyrrole nitrogens is 2. The van der Waals surface area contributed by atoms with Crippen molar-refractivity contribution in [3.8, 4) is 0 Å². The van der Waals surface area contributed by atoms with E-state index in [2.05, 4.69) is 9.97 Å². The van der Waals surface area contributed by atoms with E-state index in [0.717, 1.165) is 38.9 Å². The van der Waals surface area contributed by atoms with Crippen LogP contribution in [0.15, 0.2) is 143 Å². The Morgan fingerprint density at radius 3 is 1.35 bits per heavy atom. The second kappa shape index (κ2) is 14.0. The highest BCUT2D eigenvalue weighted by atomic mass is 16.2. The maximum Gasteiger partial charge on any atom is 0.261 e. The summed E-state index contributed by atoms with van der Waals surface area (Å²) >= 11 is 0. The predicted molar refractivity (Wildman–Crippen MR) is 238 cm³/mol. The molecule has 0 spiro atoms. The first-order valence-corrected chi connectivity index (χ1v) is 20.3. The van der Waals surface area contributed by atoms with Crippen molar-refractivity contribution in [1.29, 1.82) is 0 Å². The van der Waals surface area contributed by atoms with E-state index in [-0.39, 0.29) is 40.8 Å². The normalized spacial score (nSPS) is 13.8. The van der Waals surface area contributed by atoms with Gasteiger partial charge in [0.05, 0.1) is 28.7 Å². The molecule has 2 aromatic heterocycles. The van der Waals surface area contributed by atoms with Crippen molar-refractivity contribution in [2.24, 2.45) is 5.73 Å². The second-order valence-electron chi connectivity index (χ2n) is 16.1. The van der Waals surface area contributed by atoms with Gasteiger partial charge in [-0.2, -0.15) is 0 Å². The van der Waals surface area contributed by atoms with Gasteiger partial charge in [-0.15, -0.1) is 0 Å². The highest BCUT2D eigenvalue weighted by molar-refractivity contribution is 6.21. The molecule has 3 heterocycles. The third-order valence-corrected chi connectivity index (χ3v) is 12.4. The van der Waals surface area contributed by atoms with Crippen molar-refractivity contribution in [2.45, 2.75) is 25.9 Å². The van der Waals surface area contributed by atoms with E-state index < -0.39 is 0 Å². The lowest BCUT2D eigenvalue weighted by Gasteiger charge is -2.21. The smallest absolute Gasteiger partial charge is 0.261 e. The molecule has 3 aliphatic rings. The van der Waals surface area contributed by atoms with Crippen LogP contribution in [0.5, 0.6) is 0 Å². The van der Waals surface area contributed by atoms with E-state index in [4.69, 9.17) is 5.73 Å². The summed E-state index contributed by atoms with van der Waals surface area (Å²) in [5, 5.41) is 2.46. The minimum absolute atomic E-state index is 0.00567. The van der Waals surface area contributed by atoms with E-state index in [1.807, 2.05) is 91.0 Å². The van der Waals surface area contributed by atoms with E-state index in [1.165, 1.54) is 4.90 Å². The number of hydrogen-bond donors (Lipinski definition) is 3. The van der Waals surface area contributed by atoms with Crippen LogP contribution in [0, 0.1) is 0 Å². The summed E-state index contributed by atoms with van der Waals surface area (Å²) in [7, 11) is 0. The Morgan fingerprint density at radius 1 is 0.419 bits per heavy atom. The number of carbonyl (C=O) groups is 4. The largest absolute Gasteiger partial charge is 0.354 e. The minimum atomic E-state index is -0.326. The Morgan fingerprint density at radius 2 is 0.855 bits per heavy atom. The molecule has 4 N–H and O–H groups in total. The molecule has 62 heavy (non-hydrogen) atoms. The van der Waals surface area contributed by atoms with E-state index in [1.54, 1.807) is 42.5 Å². The summed E-state index contributed by atoms with van der Waals surface area (Å²) in [5.74, 6) is -0.792. The Hall–Kier alpha value is -8.08. The molecule has 0 fully saturated rings. The summed E-state index contributed by atoms with van der Waals surface area (Å²) in [5.41, 5.74) is 17.0. The number of aromatic amines is 2. The number of hydrogen-bond acceptors (Lipinski definition) is 7. The van der Waals surface area contributed by atoms with Crippen molar-refractivity contribution < 1.29 is 19.2 Å². The minimum Gasteiger partial charge on any atom is -0.354 e. The van der Waals surface area contributed by atoms with Gasteiger partial charge in [-0.05, 0) is 119 Å². The molecule has 0 saturated carbocycles. The molecule has 0 radical (unpaired) electrons. The number of para-hydroxylation sites is 2. The average molecular weight is 811 g/mol. The van der Waals surface area contributed by atoms with Crippen LogP contribution in [0.1, 0.15) is 85.9 Å². The number of nitrogens with one attached hydrogen (secondary N) is 2. The van der Waals surface area contributed by atoms with Gasteiger partial charge in [0.2, 0.25) is 0 Å². The number of pyridine rings is 2. The first-order chi connectivity index (χ1) is 30.1. The molecule has 0 unspecified atom stereocenters. The van der Waals surface area contributed by atoms with Crippen LogP contribution >= 0.6 is 0 Å². The Kier molecular flexibility index (Phi) is 8.35. The van der Waals surface area contributed by atoms with Gasteiger partial charge in [-0.1, -0.05) is 60.7 Å². The van der Waals surface area contributed by atoms with Crippen LogP contribution < -0.4 is 16.6 Å². The van der Waals surface area contributed by atoms with E-state index in [0.29, 0.717) is 90.9 Å². The standard InChI is InChI=1S/C30H18N2O4.C22H16N2O2/c33-27-21-7-3-4-8-25(21)31-26-14-23-18(13-24(26)27)12-17-10-9-16(11-22(17)28(23)34)15-32-29(35)19-5-1-2-6-20(19)30(32)36;23-11-12-5-6-13-8-14-9-18-20(10-17(14)22(26)16(13)7-12)24-19-4-2-1-3-15(19)21(18)25/h1-11,13-14H,12,15H2,(H,31,33);1-7,9-10H,8,11,23H2,(H,24,25). The summed E-state index contributed by atoms with van der Waals surface area (Å²) in [6, 6.07) is 40.1. The first kappa shape index (κ1) is 37.0. The molecule has 10 heteroatoms. The number of ketones is 2. The van der Waals surface area contributed by atoms with Crippen molar-refractivity contribution in [3.63, 3.8) is 0 Å². The van der Waals surface area contributed by atoms with E-state index >= 15 is 0 Å². The number of nitrogens with zero attached hydrogens (tertiary/aromatic N) is 1. The van der Waals surface area contributed by atoms with Gasteiger partial charge in [0.15, 0.2) is 22.4 Å². The molecule has 10 nitrogen and oxygen atoms in total. The fourth-order valence-electron chi connectivity index (χ4n) is 9.22. The fraction of sp³-hybridized carbons (Fsp3) is 0.0769. The summed E-state index contributed by atoms with van der Waals surface area (Å²) < 4.78 is 0. The second-order valence-corrected chi connectivity index (χ2v) is 16.1. The maximum absolute atomic E-state index is 13.6. The van der Waals surface area contributed by atoms with Crippen molar-refractivity contribution in [3.05, 3.63) is 221 Å². The van der Waals surface area contributed by atoms with Crippen LogP contribution in [-0.2, 0) is 25.9 Å². The lowest BCUT2D eigenvalue weighted by molar-refractivity contribution is 0.0642. The Balaban J connectivity index is 0.000000147. The zero-order valence-corrected chi connectivity index (χ0v) is 33.0. The molecule has 9 aromatic rings. The van der Waals surface area contributed by atoms with Crippen molar-refractivity contribution >= 4 is 67.0 Å². The van der Waals surface area contributed by atoms with Gasteiger partial charge in [-0.25, -0.2) is 0 Å². The van der Waals surface area contributed by atoms with Crippen LogP contribution in [0.4, 0.5) is 0 Å². The van der Waals surface area contributed by atoms with Crippen LogP contribution in [0.3, 0.4) is 0 Å². The average Bonchev–Trinajstić information content (AvgIpc) is 3.53. The number of rotatable bonds is 3.